The smallest absolute Gasteiger partial charge is 0.00668 e. The minimum absolute atomic E-state index is 0.890. The molecule has 0 aliphatic rings. The fourth-order valence-electron chi connectivity index (χ4n) is 0.918. The summed E-state index contributed by atoms with van der Waals surface area (Å²) in [5.41, 5.74) is 2.24. The predicted octanol–water partition coefficient (Wildman–Crippen LogP) is 2.61. The van der Waals surface area contributed by atoms with Gasteiger partial charge < -0.3 is 0 Å². The van der Waals surface area contributed by atoms with Crippen molar-refractivity contribution in [3.8, 4) is 0 Å². The van der Waals surface area contributed by atoms with Crippen LogP contribution in [0.2, 0.25) is 0 Å². The second-order valence-corrected chi connectivity index (χ2v) is 2.51. The molecule has 1 radical (unpaired) electrons. The van der Waals surface area contributed by atoms with Crippen LogP contribution in [0.3, 0.4) is 0 Å². The van der Waals surface area contributed by atoms with Crippen molar-refractivity contribution in [3.05, 3.63) is 48.0 Å². The molecule has 0 saturated carbocycles. The van der Waals surface area contributed by atoms with Crippen LogP contribution < -0.4 is 0 Å². The van der Waals surface area contributed by atoms with Crippen LogP contribution in [0.5, 0.6) is 0 Å². The third kappa shape index (κ3) is 2.06. The molecule has 1 aromatic carbocycles. The molecule has 1 rings (SSSR count). The molecule has 0 heteroatoms. The molecule has 0 unspecified atom stereocenters. The van der Waals surface area contributed by atoms with E-state index in [9.17, 15) is 0 Å². The van der Waals surface area contributed by atoms with Gasteiger partial charge in [-0.05, 0) is 18.9 Å². The van der Waals surface area contributed by atoms with Crippen LogP contribution in [0.15, 0.2) is 35.9 Å². The molecule has 0 saturated heterocycles. The zero-order chi connectivity index (χ0) is 7.40. The van der Waals surface area contributed by atoms with E-state index in [-0.39, 0.29) is 0 Å². The molecule has 0 atom stereocenters. The van der Waals surface area contributed by atoms with Gasteiger partial charge in [0.05, 0.1) is 0 Å². The number of benzene rings is 1. The van der Waals surface area contributed by atoms with E-state index in [2.05, 4.69) is 12.1 Å². The zero-order valence-electron chi connectivity index (χ0n) is 6.17. The maximum Gasteiger partial charge on any atom is -0.00668 e. The van der Waals surface area contributed by atoms with Crippen LogP contribution in [-0.2, 0) is 6.42 Å². The highest BCUT2D eigenvalue weighted by Crippen LogP contribution is 2.03. The van der Waals surface area contributed by atoms with Gasteiger partial charge in [0.25, 0.3) is 0 Å². The molecular weight excluding hydrogens is 120 g/mol. The lowest BCUT2D eigenvalue weighted by Gasteiger charge is -1.97. The molecule has 51 valence electrons. The number of hydrogen-bond donors (Lipinski definition) is 0. The normalized spacial score (nSPS) is 9.30. The Morgan fingerprint density at radius 1 is 1.30 bits per heavy atom. The predicted molar refractivity (Wildman–Crippen MR) is 43.6 cm³/mol. The fraction of sp³-hybridized carbons (Fsp3) is 0.200. The van der Waals surface area contributed by atoms with E-state index in [1.54, 1.807) is 0 Å². The monoisotopic (exact) mass is 131 g/mol. The van der Waals surface area contributed by atoms with Gasteiger partial charge in [0.2, 0.25) is 0 Å². The molecule has 0 spiro atoms. The molecule has 1 aromatic rings. The van der Waals surface area contributed by atoms with Crippen LogP contribution in [0.25, 0.3) is 0 Å². The molecule has 0 aliphatic carbocycles. The summed E-state index contributed by atoms with van der Waals surface area (Å²) in [6.45, 7) is 7.48. The third-order valence-corrected chi connectivity index (χ3v) is 1.33. The van der Waals surface area contributed by atoms with Gasteiger partial charge >= 0.3 is 0 Å². The highest BCUT2D eigenvalue weighted by atomic mass is 13.9. The maximum absolute atomic E-state index is 5.54. The van der Waals surface area contributed by atoms with Crippen molar-refractivity contribution in [1.29, 1.82) is 0 Å². The SMILES string of the molecule is [CH]=C(C)Cc1ccccc1. The van der Waals surface area contributed by atoms with Crippen molar-refractivity contribution in [3.63, 3.8) is 0 Å². The molecule has 0 fully saturated rings. The van der Waals surface area contributed by atoms with Crippen LogP contribution in [0.1, 0.15) is 12.5 Å². The topological polar surface area (TPSA) is 0 Å². The summed E-state index contributed by atoms with van der Waals surface area (Å²) in [6.07, 6.45) is 0.890. The fourth-order valence-corrected chi connectivity index (χ4v) is 0.918. The summed E-state index contributed by atoms with van der Waals surface area (Å²) in [5, 5.41) is 0. The van der Waals surface area contributed by atoms with Crippen molar-refractivity contribution in [2.45, 2.75) is 13.3 Å². The highest BCUT2D eigenvalue weighted by Gasteiger charge is 1.88. The molecular formula is C10H11. The number of hydrogen-bond acceptors (Lipinski definition) is 0. The van der Waals surface area contributed by atoms with E-state index in [4.69, 9.17) is 6.58 Å². The molecule has 10 heavy (non-hydrogen) atoms. The van der Waals surface area contributed by atoms with Gasteiger partial charge in [-0.2, -0.15) is 0 Å². The summed E-state index contributed by atoms with van der Waals surface area (Å²) < 4.78 is 0. The van der Waals surface area contributed by atoms with E-state index in [0.717, 1.165) is 12.0 Å². The van der Waals surface area contributed by atoms with Crippen LogP contribution in [0, 0.1) is 6.58 Å². The second-order valence-electron chi connectivity index (χ2n) is 2.51. The van der Waals surface area contributed by atoms with Crippen molar-refractivity contribution in [1.82, 2.24) is 0 Å². The zero-order valence-corrected chi connectivity index (χ0v) is 6.17. The average Bonchev–Trinajstić information content (AvgIpc) is 1.88. The second kappa shape index (κ2) is 3.21. The van der Waals surface area contributed by atoms with Crippen molar-refractivity contribution in [2.75, 3.05) is 0 Å². The Hall–Kier alpha value is -1.04. The molecule has 0 bridgehead atoms. The van der Waals surface area contributed by atoms with Gasteiger partial charge in [-0.1, -0.05) is 42.5 Å². The summed E-state index contributed by atoms with van der Waals surface area (Å²) >= 11 is 0. The lowest BCUT2D eigenvalue weighted by molar-refractivity contribution is 1.15. The minimum Gasteiger partial charge on any atom is -0.0689 e. The van der Waals surface area contributed by atoms with Gasteiger partial charge in [0, 0.05) is 0 Å². The molecule has 0 aromatic heterocycles. The van der Waals surface area contributed by atoms with Gasteiger partial charge in [-0.15, -0.1) is 0 Å². The quantitative estimate of drug-likeness (QED) is 0.578. The Bertz CT molecular complexity index is 209. The summed E-state index contributed by atoms with van der Waals surface area (Å²) in [5.74, 6) is 0. The number of rotatable bonds is 2. The van der Waals surface area contributed by atoms with E-state index in [1.807, 2.05) is 25.1 Å². The van der Waals surface area contributed by atoms with Crippen LogP contribution >= 0.6 is 0 Å². The largest absolute Gasteiger partial charge is 0.0689 e. The molecule has 0 aliphatic heterocycles. The lowest BCUT2D eigenvalue weighted by atomic mass is 10.1. The first kappa shape index (κ1) is 7.07. The Kier molecular flexibility index (Phi) is 2.27. The summed E-state index contributed by atoms with van der Waals surface area (Å²) in [6, 6.07) is 10.2. The molecule has 0 N–H and O–H groups in total. The van der Waals surface area contributed by atoms with Gasteiger partial charge in [0.15, 0.2) is 0 Å². The standard InChI is InChI=1S/C10H11/c1-9(2)8-10-6-4-3-5-7-10/h1,3-7H,8H2,2H3. The van der Waals surface area contributed by atoms with Gasteiger partial charge in [0.1, 0.15) is 0 Å². The van der Waals surface area contributed by atoms with E-state index < -0.39 is 0 Å². The van der Waals surface area contributed by atoms with Crippen LogP contribution in [0.4, 0.5) is 0 Å². The Balaban J connectivity index is 2.67. The first-order valence-electron chi connectivity index (χ1n) is 3.41. The Labute approximate surface area is 62.2 Å². The Morgan fingerprint density at radius 2 is 1.90 bits per heavy atom. The Morgan fingerprint density at radius 3 is 2.40 bits per heavy atom. The summed E-state index contributed by atoms with van der Waals surface area (Å²) in [7, 11) is 0. The van der Waals surface area contributed by atoms with E-state index >= 15 is 0 Å². The van der Waals surface area contributed by atoms with Crippen molar-refractivity contribution in [2.24, 2.45) is 0 Å². The van der Waals surface area contributed by atoms with Gasteiger partial charge in [-0.3, -0.25) is 0 Å². The minimum atomic E-state index is 0.890. The van der Waals surface area contributed by atoms with E-state index in [0.29, 0.717) is 0 Å². The first-order chi connectivity index (χ1) is 4.79. The average molecular weight is 131 g/mol. The highest BCUT2D eigenvalue weighted by molar-refractivity contribution is 5.18. The van der Waals surface area contributed by atoms with Crippen LogP contribution in [-0.4, -0.2) is 0 Å². The maximum atomic E-state index is 5.54. The molecule has 0 nitrogen and oxygen atoms in total. The van der Waals surface area contributed by atoms with Gasteiger partial charge in [-0.25, -0.2) is 0 Å². The molecule has 0 heterocycles. The van der Waals surface area contributed by atoms with Crippen molar-refractivity contribution < 1.29 is 0 Å². The lowest BCUT2D eigenvalue weighted by Crippen LogP contribution is -1.82. The third-order valence-electron chi connectivity index (χ3n) is 1.33. The number of allylic oxidation sites excluding steroid dienone is 1. The molecule has 0 amide bonds. The van der Waals surface area contributed by atoms with E-state index in [1.165, 1.54) is 5.56 Å². The summed E-state index contributed by atoms with van der Waals surface area (Å²) in [4.78, 5) is 0. The first-order valence-corrected chi connectivity index (χ1v) is 3.41. The van der Waals surface area contributed by atoms with Crippen molar-refractivity contribution >= 4 is 0 Å².